The average Bonchev–Trinajstić information content (AvgIpc) is 3.24. The molecule has 1 amide bonds. The van der Waals surface area contributed by atoms with Gasteiger partial charge < -0.3 is 59.3 Å². The summed E-state index contributed by atoms with van der Waals surface area (Å²) in [5, 5.41) is 24.6. The van der Waals surface area contributed by atoms with Gasteiger partial charge in [0.1, 0.15) is 49.3 Å². The van der Waals surface area contributed by atoms with Crippen LogP contribution in [0.3, 0.4) is 0 Å². The number of esters is 2. The molecule has 0 aromatic rings. The lowest BCUT2D eigenvalue weighted by atomic mass is 9.85. The molecule has 7 atom stereocenters. The molecule has 69 heavy (non-hydrogen) atoms. The van der Waals surface area contributed by atoms with Gasteiger partial charge in [0.05, 0.1) is 6.61 Å². The molecule has 24 nitrogen and oxygen atoms in total. The average molecular weight is 1080 g/mol. The van der Waals surface area contributed by atoms with E-state index in [4.69, 9.17) is 18.5 Å². The second-order valence-corrected chi connectivity index (χ2v) is 22.3. The van der Waals surface area contributed by atoms with Crippen LogP contribution in [0, 0.1) is 0 Å². The first-order valence-electron chi connectivity index (χ1n) is 24.2. The predicted molar refractivity (Wildman–Crippen MR) is 249 cm³/mol. The summed E-state index contributed by atoms with van der Waals surface area (Å²) in [5.74, 6) is -2.13. The molecule has 1 fully saturated rings. The van der Waals surface area contributed by atoms with Gasteiger partial charge in [-0.2, -0.15) is 0 Å². The number of unbranched alkanes of at least 4 members (excludes halogenated alkanes) is 19. The maximum atomic E-state index is 13.4. The van der Waals surface area contributed by atoms with Gasteiger partial charge in [0.2, 0.25) is 5.91 Å². The first kappa shape index (κ1) is 65.8. The van der Waals surface area contributed by atoms with Crippen molar-refractivity contribution in [2.75, 3.05) is 13.2 Å². The summed E-state index contributed by atoms with van der Waals surface area (Å²) in [7, 11) is -23.2. The molecule has 1 aliphatic carbocycles. The van der Waals surface area contributed by atoms with Crippen LogP contribution in [0.15, 0.2) is 0 Å². The Morgan fingerprint density at radius 2 is 0.899 bits per heavy atom. The van der Waals surface area contributed by atoms with Crippen molar-refractivity contribution in [3.63, 3.8) is 0 Å². The lowest BCUT2D eigenvalue weighted by Crippen LogP contribution is -2.65. The normalized spacial score (nSPS) is 21.9. The molecule has 6 unspecified atom stereocenters. The van der Waals surface area contributed by atoms with Crippen molar-refractivity contribution in [2.24, 2.45) is 0 Å². The van der Waals surface area contributed by atoms with E-state index in [-0.39, 0.29) is 19.3 Å². The molecule has 0 radical (unpaired) electrons. The second kappa shape index (κ2) is 35.1. The number of aliphatic hydroxyl groups is 2. The van der Waals surface area contributed by atoms with Crippen LogP contribution in [0.5, 0.6) is 0 Å². The van der Waals surface area contributed by atoms with Crippen molar-refractivity contribution >= 4 is 49.1 Å². The van der Waals surface area contributed by atoms with Gasteiger partial charge in [-0.15, -0.1) is 0 Å². The van der Waals surface area contributed by atoms with Gasteiger partial charge in [0, 0.05) is 12.8 Å². The van der Waals surface area contributed by atoms with E-state index < -0.39 is 111 Å². The third kappa shape index (κ3) is 31.9. The molecular formula is C41H81NO23P4. The fraction of sp³-hybridized carbons (Fsp3) is 0.927. The number of nitrogens with one attached hydrogen (secondary N) is 1. The number of carbonyl (C=O) groups is 3. The zero-order chi connectivity index (χ0) is 52.1. The van der Waals surface area contributed by atoms with Crippen molar-refractivity contribution in [2.45, 2.75) is 230 Å². The predicted octanol–water partition coefficient (Wildman–Crippen LogP) is 6.41. The van der Waals surface area contributed by atoms with Crippen LogP contribution in [0.4, 0.5) is 0 Å². The van der Waals surface area contributed by atoms with Gasteiger partial charge in [-0.3, -0.25) is 32.2 Å². The number of aliphatic hydroxyl groups excluding tert-OH is 2. The molecule has 0 aromatic heterocycles. The molecule has 408 valence electrons. The van der Waals surface area contributed by atoms with Crippen LogP contribution in [0.1, 0.15) is 181 Å². The van der Waals surface area contributed by atoms with Crippen LogP contribution in [0.25, 0.3) is 0 Å². The number of amides is 1. The van der Waals surface area contributed by atoms with Gasteiger partial charge in [0.25, 0.3) is 0 Å². The number of ether oxygens (including phenoxy) is 2. The fourth-order valence-corrected chi connectivity index (χ4v) is 10.3. The number of hydrogen-bond donors (Lipinski definition) is 10. The molecule has 0 bridgehead atoms. The van der Waals surface area contributed by atoms with E-state index in [0.717, 1.165) is 77.0 Å². The second-order valence-electron chi connectivity index (χ2n) is 17.4. The number of hydrogen-bond acceptors (Lipinski definition) is 16. The van der Waals surface area contributed by atoms with Crippen molar-refractivity contribution in [3.05, 3.63) is 0 Å². The van der Waals surface area contributed by atoms with E-state index in [1.807, 2.05) is 0 Å². The Hall–Kier alpha value is -1.23. The maximum Gasteiger partial charge on any atom is 0.472 e. The van der Waals surface area contributed by atoms with E-state index in [2.05, 4.69) is 32.7 Å². The van der Waals surface area contributed by atoms with Crippen molar-refractivity contribution < 1.29 is 109 Å². The quantitative estimate of drug-likeness (QED) is 0.0179. The first-order chi connectivity index (χ1) is 32.3. The van der Waals surface area contributed by atoms with Crippen LogP contribution < -0.4 is 5.32 Å². The molecule has 0 spiro atoms. The van der Waals surface area contributed by atoms with Gasteiger partial charge >= 0.3 is 43.2 Å². The van der Waals surface area contributed by atoms with E-state index in [9.17, 15) is 77.1 Å². The van der Waals surface area contributed by atoms with Crippen LogP contribution in [-0.2, 0) is 64.7 Å². The highest BCUT2D eigenvalue weighted by Crippen LogP contribution is 2.53. The highest BCUT2D eigenvalue weighted by molar-refractivity contribution is 7.47. The molecule has 1 rings (SSSR count). The van der Waals surface area contributed by atoms with Crippen molar-refractivity contribution in [3.8, 4) is 0 Å². The number of carbonyl (C=O) groups excluding carboxylic acids is 3. The summed E-state index contributed by atoms with van der Waals surface area (Å²) in [4.78, 5) is 107. The topological polar surface area (TPSA) is 378 Å². The Kier molecular flexibility index (Phi) is 33.4. The van der Waals surface area contributed by atoms with Gasteiger partial charge in [-0.05, 0) is 19.3 Å². The minimum Gasteiger partial charge on any atom is -0.460 e. The van der Waals surface area contributed by atoms with Crippen molar-refractivity contribution in [1.29, 1.82) is 0 Å². The molecule has 0 saturated heterocycles. The van der Waals surface area contributed by atoms with Crippen LogP contribution >= 0.6 is 31.3 Å². The molecule has 0 aliphatic heterocycles. The molecule has 28 heteroatoms. The molecule has 1 saturated carbocycles. The standard InChI is InChI=1S/C41H81NO23P4/c1-4-7-9-11-13-15-16-17-18-19-21-23-25-28-34(44)61-31(29-59-41(47)32(42-33(43)26-6-3)27-24-22-20-14-12-10-8-5-2)30-60-69(57,58)65-37-35(45)38(62-66(48,49)50)40(64-68(54,55)56)39(36(37)46)63-67(51,52)53/h31-32,35-40,45-46H,4-30H2,1-3H3,(H,42,43)(H,57,58)(H2,48,49,50)(H2,51,52,53)(H2,54,55,56)/t31-,32?,35?,36?,37?,38?,39?,40?/m1/s1. The Balaban J connectivity index is 3.20. The summed E-state index contributed by atoms with van der Waals surface area (Å²) in [5.41, 5.74) is 0. The Morgan fingerprint density at radius 1 is 0.493 bits per heavy atom. The number of phosphoric acid groups is 4. The lowest BCUT2D eigenvalue weighted by Gasteiger charge is -2.45. The minimum atomic E-state index is -5.82. The summed E-state index contributed by atoms with van der Waals surface area (Å²) >= 11 is 0. The highest BCUT2D eigenvalue weighted by atomic mass is 31.2. The highest BCUT2D eigenvalue weighted by Gasteiger charge is 2.59. The van der Waals surface area contributed by atoms with Gasteiger partial charge in [-0.25, -0.2) is 23.1 Å². The van der Waals surface area contributed by atoms with E-state index in [1.165, 1.54) is 38.5 Å². The Labute approximate surface area is 406 Å². The zero-order valence-electron chi connectivity index (χ0n) is 40.2. The lowest BCUT2D eigenvalue weighted by molar-refractivity contribution is -0.209. The molecular weight excluding hydrogens is 998 g/mol. The van der Waals surface area contributed by atoms with E-state index in [0.29, 0.717) is 25.7 Å². The summed E-state index contributed by atoms with van der Waals surface area (Å²) in [6, 6.07) is -1.10. The molecule has 10 N–H and O–H groups in total. The largest absolute Gasteiger partial charge is 0.472 e. The SMILES string of the molecule is CCCCCCCCCCCCCCCC(=O)O[C@H](COC(=O)C(CCCCCCCCCC)NC(=O)CCC)COP(=O)(O)OC1C(O)C(OP(=O)(O)O)C(OP(=O)(O)O)C(OP(=O)(O)O)C1O. The van der Waals surface area contributed by atoms with Gasteiger partial charge in [0.15, 0.2) is 6.10 Å². The third-order valence-electron chi connectivity index (χ3n) is 11.1. The molecule has 0 aromatic carbocycles. The zero-order valence-corrected chi connectivity index (χ0v) is 43.8. The Bertz CT molecular complexity index is 1610. The van der Waals surface area contributed by atoms with Crippen LogP contribution in [-0.4, -0.2) is 124 Å². The maximum absolute atomic E-state index is 13.4. The van der Waals surface area contributed by atoms with E-state index >= 15 is 0 Å². The van der Waals surface area contributed by atoms with E-state index in [1.54, 1.807) is 6.92 Å². The first-order valence-corrected chi connectivity index (χ1v) is 30.3. The summed E-state index contributed by atoms with van der Waals surface area (Å²) in [6.07, 6.45) is 3.82. The molecule has 1 aliphatic rings. The minimum absolute atomic E-state index is 0.107. The van der Waals surface area contributed by atoms with Crippen molar-refractivity contribution in [1.82, 2.24) is 5.32 Å². The number of rotatable bonds is 41. The smallest absolute Gasteiger partial charge is 0.460 e. The number of phosphoric ester groups is 4. The fourth-order valence-electron chi connectivity index (χ4n) is 7.63. The summed E-state index contributed by atoms with van der Waals surface area (Å²) in [6.45, 7) is 4.21. The van der Waals surface area contributed by atoms with Gasteiger partial charge in [-0.1, -0.05) is 149 Å². The monoisotopic (exact) mass is 1080 g/mol. The van der Waals surface area contributed by atoms with Crippen LogP contribution in [0.2, 0.25) is 0 Å². The summed E-state index contributed by atoms with van der Waals surface area (Å²) < 4.78 is 82.6. The molecule has 0 heterocycles. The third-order valence-corrected chi connectivity index (χ3v) is 13.6. The Morgan fingerprint density at radius 3 is 1.32 bits per heavy atom.